The number of aromatic nitrogens is 3. The van der Waals surface area contributed by atoms with Gasteiger partial charge < -0.3 is 9.80 Å². The largest absolute Gasteiger partial charge is 0.337 e. The molecule has 178 valence electrons. The summed E-state index contributed by atoms with van der Waals surface area (Å²) in [7, 11) is 1.59. The van der Waals surface area contributed by atoms with Crippen molar-refractivity contribution in [2.75, 3.05) is 26.2 Å². The minimum Gasteiger partial charge on any atom is -0.337 e. The minimum absolute atomic E-state index is 0.0369. The van der Waals surface area contributed by atoms with Crippen LogP contribution >= 0.6 is 11.3 Å². The number of carbonyl (C=O) groups excluding carboxylic acids is 2. The maximum Gasteiger partial charge on any atom is 0.277 e. The van der Waals surface area contributed by atoms with Crippen LogP contribution in [0, 0.1) is 26.6 Å². The standard InChI is InChI=1S/C24H26FN5O3S/c1-14-15(2)27-28(4)23(32)19(14)21-26-16(3)20(34-21)24(33)30-11-7-10-29(12-13-30)22(31)17-8-5-6-9-18(17)25/h5-6,8-9H,7,10-13H2,1-4H3. The van der Waals surface area contributed by atoms with Gasteiger partial charge in [-0.25, -0.2) is 14.1 Å². The van der Waals surface area contributed by atoms with Gasteiger partial charge in [0, 0.05) is 33.2 Å². The maximum absolute atomic E-state index is 14.1. The Kier molecular flexibility index (Phi) is 6.60. The smallest absolute Gasteiger partial charge is 0.277 e. The molecule has 0 unspecified atom stereocenters. The fraction of sp³-hybridized carbons (Fsp3) is 0.375. The van der Waals surface area contributed by atoms with E-state index in [1.54, 1.807) is 35.9 Å². The second-order valence-electron chi connectivity index (χ2n) is 8.37. The molecule has 1 aliphatic rings. The SMILES string of the molecule is Cc1nc(-c2c(C)c(C)nn(C)c2=O)sc1C(=O)N1CCCN(C(=O)c2ccccc2F)CC1. The first-order valence-electron chi connectivity index (χ1n) is 11.0. The monoisotopic (exact) mass is 483 g/mol. The summed E-state index contributed by atoms with van der Waals surface area (Å²) >= 11 is 1.20. The van der Waals surface area contributed by atoms with E-state index in [-0.39, 0.29) is 22.9 Å². The topological polar surface area (TPSA) is 88.4 Å². The molecule has 0 bridgehead atoms. The van der Waals surface area contributed by atoms with Crippen molar-refractivity contribution in [1.29, 1.82) is 0 Å². The van der Waals surface area contributed by atoms with E-state index in [4.69, 9.17) is 0 Å². The molecule has 1 aromatic carbocycles. The van der Waals surface area contributed by atoms with Gasteiger partial charge in [0.25, 0.3) is 17.4 Å². The van der Waals surface area contributed by atoms with Gasteiger partial charge >= 0.3 is 0 Å². The van der Waals surface area contributed by atoms with Crippen LogP contribution in [-0.4, -0.2) is 62.6 Å². The molecule has 0 atom stereocenters. The number of carbonyl (C=O) groups is 2. The summed E-state index contributed by atoms with van der Waals surface area (Å²) in [5.74, 6) is -1.10. The number of hydrogen-bond donors (Lipinski definition) is 0. The Morgan fingerprint density at radius 3 is 2.29 bits per heavy atom. The first-order valence-corrected chi connectivity index (χ1v) is 11.9. The van der Waals surface area contributed by atoms with Gasteiger partial charge in [-0.1, -0.05) is 12.1 Å². The molecule has 8 nitrogen and oxygen atoms in total. The molecule has 1 aliphatic heterocycles. The number of rotatable bonds is 3. The van der Waals surface area contributed by atoms with Crippen LogP contribution in [0.3, 0.4) is 0 Å². The van der Waals surface area contributed by atoms with Crippen LogP contribution in [0.25, 0.3) is 10.6 Å². The lowest BCUT2D eigenvalue weighted by molar-refractivity contribution is 0.0718. The molecular weight excluding hydrogens is 457 g/mol. The summed E-state index contributed by atoms with van der Waals surface area (Å²) in [4.78, 5) is 47.2. The summed E-state index contributed by atoms with van der Waals surface area (Å²) in [5, 5.41) is 4.70. The van der Waals surface area contributed by atoms with E-state index in [0.29, 0.717) is 53.7 Å². The number of aryl methyl sites for hydroxylation is 3. The number of halogens is 1. The van der Waals surface area contributed by atoms with Crippen LogP contribution < -0.4 is 5.56 Å². The number of nitrogens with zero attached hydrogens (tertiary/aromatic N) is 5. The molecule has 0 spiro atoms. The number of amides is 2. The van der Waals surface area contributed by atoms with Crippen molar-refractivity contribution in [2.45, 2.75) is 27.2 Å². The molecule has 3 aromatic rings. The van der Waals surface area contributed by atoms with E-state index in [2.05, 4.69) is 10.1 Å². The number of hydrogen-bond acceptors (Lipinski definition) is 6. The van der Waals surface area contributed by atoms with Crippen molar-refractivity contribution >= 4 is 23.2 Å². The Balaban J connectivity index is 1.55. The van der Waals surface area contributed by atoms with E-state index in [9.17, 15) is 18.8 Å². The van der Waals surface area contributed by atoms with E-state index in [1.165, 1.54) is 28.2 Å². The highest BCUT2D eigenvalue weighted by molar-refractivity contribution is 7.17. The third-order valence-corrected chi connectivity index (χ3v) is 7.27. The van der Waals surface area contributed by atoms with Gasteiger partial charge in [-0.05, 0) is 44.9 Å². The zero-order valence-corrected chi connectivity index (χ0v) is 20.4. The van der Waals surface area contributed by atoms with Crippen LogP contribution in [0.15, 0.2) is 29.1 Å². The van der Waals surface area contributed by atoms with Gasteiger partial charge in [-0.3, -0.25) is 14.4 Å². The summed E-state index contributed by atoms with van der Waals surface area (Å²) < 4.78 is 15.4. The molecule has 4 rings (SSSR count). The summed E-state index contributed by atoms with van der Waals surface area (Å²) in [6, 6.07) is 5.92. The van der Waals surface area contributed by atoms with Crippen LogP contribution in [0.5, 0.6) is 0 Å². The minimum atomic E-state index is -0.551. The molecule has 1 saturated heterocycles. The molecule has 0 saturated carbocycles. The lowest BCUT2D eigenvalue weighted by Crippen LogP contribution is -2.37. The Hall–Kier alpha value is -3.40. The maximum atomic E-state index is 14.1. The first kappa shape index (κ1) is 23.7. The summed E-state index contributed by atoms with van der Waals surface area (Å²) in [5.41, 5.74) is 2.27. The molecule has 0 radical (unpaired) electrons. The zero-order chi connectivity index (χ0) is 24.6. The highest BCUT2D eigenvalue weighted by atomic mass is 32.1. The first-order chi connectivity index (χ1) is 16.2. The van der Waals surface area contributed by atoms with Gasteiger partial charge in [0.1, 0.15) is 15.7 Å². The van der Waals surface area contributed by atoms with Crippen molar-refractivity contribution in [3.63, 3.8) is 0 Å². The zero-order valence-electron chi connectivity index (χ0n) is 19.6. The van der Waals surface area contributed by atoms with E-state index in [0.717, 1.165) is 11.3 Å². The predicted molar refractivity (Wildman–Crippen MR) is 128 cm³/mol. The highest BCUT2D eigenvalue weighted by Crippen LogP contribution is 2.29. The molecule has 10 heteroatoms. The average Bonchev–Trinajstić information content (AvgIpc) is 3.02. The molecule has 34 heavy (non-hydrogen) atoms. The van der Waals surface area contributed by atoms with Gasteiger partial charge in [-0.2, -0.15) is 5.10 Å². The third kappa shape index (κ3) is 4.37. The summed E-state index contributed by atoms with van der Waals surface area (Å²) in [6.45, 7) is 6.97. The van der Waals surface area contributed by atoms with Crippen LogP contribution in [0.1, 0.15) is 43.4 Å². The second-order valence-corrected chi connectivity index (χ2v) is 9.36. The third-order valence-electron chi connectivity index (χ3n) is 6.10. The van der Waals surface area contributed by atoms with Crippen molar-refractivity contribution in [2.24, 2.45) is 7.05 Å². The normalized spacial score (nSPS) is 14.3. The fourth-order valence-electron chi connectivity index (χ4n) is 4.07. The quantitative estimate of drug-likeness (QED) is 0.572. The average molecular weight is 484 g/mol. The predicted octanol–water partition coefficient (Wildman–Crippen LogP) is 2.96. The summed E-state index contributed by atoms with van der Waals surface area (Å²) in [6.07, 6.45) is 0.583. The molecule has 2 amide bonds. The van der Waals surface area contributed by atoms with Crippen molar-refractivity contribution in [1.82, 2.24) is 24.6 Å². The molecule has 2 aromatic heterocycles. The Labute approximate surface area is 200 Å². The molecule has 0 aliphatic carbocycles. The Bertz CT molecular complexity index is 1330. The van der Waals surface area contributed by atoms with E-state index >= 15 is 0 Å². The van der Waals surface area contributed by atoms with Crippen molar-refractivity contribution in [3.8, 4) is 10.6 Å². The van der Waals surface area contributed by atoms with Crippen LogP contribution in [0.2, 0.25) is 0 Å². The van der Waals surface area contributed by atoms with Crippen molar-refractivity contribution in [3.05, 3.63) is 67.8 Å². The van der Waals surface area contributed by atoms with Gasteiger partial charge in [-0.15, -0.1) is 11.3 Å². The lowest BCUT2D eigenvalue weighted by Gasteiger charge is -2.22. The number of thiazole rings is 1. The molecular formula is C24H26FN5O3S. The van der Waals surface area contributed by atoms with E-state index < -0.39 is 5.82 Å². The Morgan fingerprint density at radius 1 is 0.971 bits per heavy atom. The van der Waals surface area contributed by atoms with Gasteiger partial charge in [0.15, 0.2) is 0 Å². The van der Waals surface area contributed by atoms with Crippen molar-refractivity contribution < 1.29 is 14.0 Å². The fourth-order valence-corrected chi connectivity index (χ4v) is 5.20. The van der Waals surface area contributed by atoms with Gasteiger partial charge in [0.2, 0.25) is 0 Å². The lowest BCUT2D eigenvalue weighted by atomic mass is 10.1. The van der Waals surface area contributed by atoms with Gasteiger partial charge in [0.05, 0.1) is 22.5 Å². The number of benzene rings is 1. The Morgan fingerprint density at radius 2 is 1.62 bits per heavy atom. The molecule has 0 N–H and O–H groups in total. The van der Waals surface area contributed by atoms with Crippen LogP contribution in [-0.2, 0) is 7.05 Å². The highest BCUT2D eigenvalue weighted by Gasteiger charge is 2.28. The second kappa shape index (κ2) is 9.46. The molecule has 1 fully saturated rings. The van der Waals surface area contributed by atoms with E-state index in [1.807, 2.05) is 13.8 Å². The van der Waals surface area contributed by atoms with Crippen LogP contribution in [0.4, 0.5) is 4.39 Å². The molecule has 3 heterocycles.